The minimum absolute atomic E-state index is 0.0120. The second-order valence-corrected chi connectivity index (χ2v) is 5.05. The predicted molar refractivity (Wildman–Crippen MR) is 88.8 cm³/mol. The molecule has 1 amide bonds. The van der Waals surface area contributed by atoms with Gasteiger partial charge in [0.2, 0.25) is 0 Å². The Morgan fingerprint density at radius 3 is 2.48 bits per heavy atom. The number of amides is 1. The molecule has 0 saturated heterocycles. The molecule has 0 aliphatic heterocycles. The number of nitrogens with zero attached hydrogens (tertiary/aromatic N) is 3. The van der Waals surface area contributed by atoms with Gasteiger partial charge >= 0.3 is 17.8 Å². The summed E-state index contributed by atoms with van der Waals surface area (Å²) in [6.45, 7) is 3.54. The minimum atomic E-state index is -5.10. The van der Waals surface area contributed by atoms with E-state index in [1.54, 1.807) is 13.8 Å². The van der Waals surface area contributed by atoms with Crippen molar-refractivity contribution >= 4 is 11.7 Å². The van der Waals surface area contributed by atoms with Crippen molar-refractivity contribution in [1.29, 1.82) is 0 Å². The molecular formula is C15H20F3N5O4. The number of carbonyl (C=O) groups is 1. The first-order valence-corrected chi connectivity index (χ1v) is 7.82. The molecule has 0 radical (unpaired) electrons. The summed E-state index contributed by atoms with van der Waals surface area (Å²) in [6.07, 6.45) is -4.53. The van der Waals surface area contributed by atoms with Gasteiger partial charge in [-0.25, -0.2) is 10.6 Å². The van der Waals surface area contributed by atoms with E-state index in [-0.39, 0.29) is 22.9 Å². The molecular weight excluding hydrogens is 371 g/mol. The van der Waals surface area contributed by atoms with E-state index in [9.17, 15) is 22.8 Å². The SMILES string of the molecule is CCOC(Cn1cc(C#CCN(N)C(=O)C(F)(F)F)c(N)nc1=O)OCC. The zero-order chi connectivity index (χ0) is 20.6. The number of ether oxygens (including phenoxy) is 2. The summed E-state index contributed by atoms with van der Waals surface area (Å²) < 4.78 is 48.6. The molecule has 1 aromatic rings. The molecule has 0 aliphatic carbocycles. The molecule has 0 unspecified atom stereocenters. The number of carbonyl (C=O) groups excluding carboxylic acids is 1. The Hall–Kier alpha value is -2.62. The highest BCUT2D eigenvalue weighted by Gasteiger charge is 2.41. The van der Waals surface area contributed by atoms with Crippen LogP contribution in [-0.2, 0) is 20.8 Å². The van der Waals surface area contributed by atoms with Crippen LogP contribution in [0.2, 0.25) is 0 Å². The quantitative estimate of drug-likeness (QED) is 0.217. The lowest BCUT2D eigenvalue weighted by Crippen LogP contribution is -2.45. The Balaban J connectivity index is 2.97. The number of halogens is 3. The van der Waals surface area contributed by atoms with E-state index in [4.69, 9.17) is 21.1 Å². The molecule has 0 fully saturated rings. The fourth-order valence-corrected chi connectivity index (χ4v) is 1.87. The van der Waals surface area contributed by atoms with Crippen LogP contribution in [0.15, 0.2) is 11.0 Å². The zero-order valence-corrected chi connectivity index (χ0v) is 14.7. The Bertz CT molecular complexity index is 763. The van der Waals surface area contributed by atoms with Gasteiger partial charge in [0, 0.05) is 19.4 Å². The molecule has 1 aromatic heterocycles. The number of hydrogen-bond donors (Lipinski definition) is 2. The first-order valence-electron chi connectivity index (χ1n) is 7.82. The molecule has 0 atom stereocenters. The van der Waals surface area contributed by atoms with Crippen LogP contribution >= 0.6 is 0 Å². The number of alkyl halides is 3. The number of hydrazine groups is 1. The van der Waals surface area contributed by atoms with Crippen LogP contribution in [-0.4, -0.2) is 52.7 Å². The summed E-state index contributed by atoms with van der Waals surface area (Å²) in [7, 11) is 0. The predicted octanol–water partition coefficient (Wildman–Crippen LogP) is -0.159. The number of aromatic nitrogens is 2. The number of rotatable bonds is 7. The summed E-state index contributed by atoms with van der Waals surface area (Å²) >= 11 is 0. The number of anilines is 1. The largest absolute Gasteiger partial charge is 0.472 e. The molecule has 1 rings (SSSR count). The fraction of sp³-hybridized carbons (Fsp3) is 0.533. The standard InChI is InChI=1S/C15H20F3N5O4/c1-3-26-11(27-4-2)9-22-8-10(12(19)21-14(22)25)6-5-7-23(20)13(24)15(16,17)18/h8,11H,3-4,7,9,20H2,1-2H3,(H2,19,21,25). The van der Waals surface area contributed by atoms with Gasteiger partial charge < -0.3 is 15.2 Å². The number of hydrogen-bond acceptors (Lipinski definition) is 7. The van der Waals surface area contributed by atoms with E-state index in [0.717, 1.165) is 4.57 Å². The van der Waals surface area contributed by atoms with Gasteiger partial charge in [0.15, 0.2) is 6.29 Å². The molecule has 27 heavy (non-hydrogen) atoms. The molecule has 0 spiro atoms. The maximum Gasteiger partial charge on any atom is 0.472 e. The smallest absolute Gasteiger partial charge is 0.382 e. The molecule has 0 aliphatic rings. The Kier molecular flexibility index (Phi) is 8.23. The molecule has 0 bridgehead atoms. The lowest BCUT2D eigenvalue weighted by atomic mass is 10.3. The van der Waals surface area contributed by atoms with Crippen molar-refractivity contribution < 1.29 is 27.4 Å². The highest BCUT2D eigenvalue weighted by Crippen LogP contribution is 2.16. The van der Waals surface area contributed by atoms with Crippen LogP contribution in [0, 0.1) is 11.8 Å². The van der Waals surface area contributed by atoms with Gasteiger partial charge in [-0.2, -0.15) is 18.2 Å². The Labute approximate surface area is 153 Å². The lowest BCUT2D eigenvalue weighted by molar-refractivity contribution is -0.185. The van der Waals surface area contributed by atoms with Crippen molar-refractivity contribution in [3.63, 3.8) is 0 Å². The van der Waals surface area contributed by atoms with E-state index >= 15 is 0 Å². The second kappa shape index (κ2) is 9.91. The van der Waals surface area contributed by atoms with Gasteiger partial charge in [0.25, 0.3) is 0 Å². The van der Waals surface area contributed by atoms with Gasteiger partial charge in [-0.15, -0.1) is 0 Å². The van der Waals surface area contributed by atoms with Crippen molar-refractivity contribution in [2.75, 3.05) is 25.5 Å². The number of nitrogen functional groups attached to an aromatic ring is 1. The monoisotopic (exact) mass is 391 g/mol. The molecule has 9 nitrogen and oxygen atoms in total. The van der Waals surface area contributed by atoms with Crippen molar-refractivity contribution in [2.45, 2.75) is 32.9 Å². The highest BCUT2D eigenvalue weighted by atomic mass is 19.4. The summed E-state index contributed by atoms with van der Waals surface area (Å²) in [5.74, 6) is 7.29. The molecule has 12 heteroatoms. The minimum Gasteiger partial charge on any atom is -0.382 e. The van der Waals surface area contributed by atoms with Crippen LogP contribution in [0.3, 0.4) is 0 Å². The van der Waals surface area contributed by atoms with Crippen LogP contribution in [0.4, 0.5) is 19.0 Å². The third-order valence-corrected chi connectivity index (χ3v) is 3.05. The molecule has 1 heterocycles. The van der Waals surface area contributed by atoms with E-state index in [1.807, 2.05) is 0 Å². The molecule has 150 valence electrons. The molecule has 0 saturated carbocycles. The van der Waals surface area contributed by atoms with Gasteiger partial charge in [-0.3, -0.25) is 14.4 Å². The van der Waals surface area contributed by atoms with Crippen LogP contribution in [0.25, 0.3) is 0 Å². The third kappa shape index (κ3) is 6.89. The maximum atomic E-state index is 12.2. The second-order valence-electron chi connectivity index (χ2n) is 5.05. The van der Waals surface area contributed by atoms with Crippen molar-refractivity contribution in [3.8, 4) is 11.8 Å². The first-order chi connectivity index (χ1) is 12.6. The van der Waals surface area contributed by atoms with Crippen molar-refractivity contribution in [3.05, 3.63) is 22.2 Å². The summed E-state index contributed by atoms with van der Waals surface area (Å²) in [4.78, 5) is 26.4. The summed E-state index contributed by atoms with van der Waals surface area (Å²) in [6, 6.07) is 0. The Morgan fingerprint density at radius 1 is 1.37 bits per heavy atom. The van der Waals surface area contributed by atoms with Crippen molar-refractivity contribution in [1.82, 2.24) is 14.6 Å². The lowest BCUT2D eigenvalue weighted by Gasteiger charge is -2.18. The fourth-order valence-electron chi connectivity index (χ4n) is 1.87. The normalized spacial score (nSPS) is 11.2. The number of nitrogens with two attached hydrogens (primary N) is 2. The van der Waals surface area contributed by atoms with E-state index < -0.39 is 30.6 Å². The van der Waals surface area contributed by atoms with Crippen molar-refractivity contribution in [2.24, 2.45) is 5.84 Å². The van der Waals surface area contributed by atoms with Gasteiger partial charge in [0.05, 0.1) is 18.7 Å². The summed E-state index contributed by atoms with van der Waals surface area (Å²) in [5, 5.41) is -0.0765. The summed E-state index contributed by atoms with van der Waals surface area (Å²) in [5.41, 5.74) is 5.01. The van der Waals surface area contributed by atoms with Crippen LogP contribution in [0.1, 0.15) is 19.4 Å². The highest BCUT2D eigenvalue weighted by molar-refractivity contribution is 5.81. The molecule has 0 aromatic carbocycles. The first kappa shape index (κ1) is 22.4. The molecule has 4 N–H and O–H groups in total. The van der Waals surface area contributed by atoms with Gasteiger partial charge in [-0.05, 0) is 13.8 Å². The maximum absolute atomic E-state index is 12.2. The average Bonchev–Trinajstić information content (AvgIpc) is 2.57. The Morgan fingerprint density at radius 2 is 1.96 bits per heavy atom. The van der Waals surface area contributed by atoms with Crippen LogP contribution in [0.5, 0.6) is 0 Å². The van der Waals surface area contributed by atoms with Gasteiger partial charge in [-0.1, -0.05) is 11.8 Å². The average molecular weight is 391 g/mol. The van der Waals surface area contributed by atoms with Gasteiger partial charge in [0.1, 0.15) is 5.82 Å². The van der Waals surface area contributed by atoms with E-state index in [0.29, 0.717) is 13.2 Å². The zero-order valence-electron chi connectivity index (χ0n) is 14.7. The van der Waals surface area contributed by atoms with Crippen LogP contribution < -0.4 is 17.3 Å². The third-order valence-electron chi connectivity index (χ3n) is 3.05. The topological polar surface area (TPSA) is 126 Å². The van der Waals surface area contributed by atoms with E-state index in [1.165, 1.54) is 6.20 Å². The van der Waals surface area contributed by atoms with E-state index in [2.05, 4.69) is 16.8 Å².